The smallest absolute Gasteiger partial charge is 0.164 e. The van der Waals surface area contributed by atoms with E-state index in [0.717, 1.165) is 34.1 Å². The van der Waals surface area contributed by atoms with Crippen LogP contribution in [0.25, 0.3) is 78.3 Å². The van der Waals surface area contributed by atoms with Gasteiger partial charge >= 0.3 is 0 Å². The van der Waals surface area contributed by atoms with Crippen molar-refractivity contribution < 1.29 is 0 Å². The summed E-state index contributed by atoms with van der Waals surface area (Å²) in [5, 5.41) is 2.67. The van der Waals surface area contributed by atoms with Crippen molar-refractivity contribution >= 4 is 10.8 Å². The summed E-state index contributed by atoms with van der Waals surface area (Å²) < 4.78 is 0. The molecule has 4 saturated carbocycles. The van der Waals surface area contributed by atoms with E-state index in [2.05, 4.69) is 164 Å². The van der Waals surface area contributed by atoms with Crippen molar-refractivity contribution in [3.8, 4) is 67.5 Å². The van der Waals surface area contributed by atoms with E-state index in [1.165, 1.54) is 70.7 Å². The molecule has 13 rings (SSSR count). The third-order valence-electron chi connectivity index (χ3n) is 13.9. The fourth-order valence-corrected chi connectivity index (χ4v) is 11.7. The molecule has 0 N–H and O–H groups in total. The highest BCUT2D eigenvalue weighted by Gasteiger charge is 2.61. The SMILES string of the molecule is c1ccc(-c2ccc(-c3nc(-c4cccc(-c5ccccc5)c4)nc(-c4ccc5c(c4)-c4cc6ccccc6cc4C54C5CC6CC(C5)CC4C6)n3)cc2)cc1. The molecular weight excluding hydrogens is 679 g/mol. The summed E-state index contributed by atoms with van der Waals surface area (Å²) in [5.74, 6) is 5.28. The summed E-state index contributed by atoms with van der Waals surface area (Å²) in [6, 6.07) is 59.5. The Labute approximate surface area is 328 Å². The molecule has 0 saturated heterocycles. The van der Waals surface area contributed by atoms with Crippen LogP contribution in [0.5, 0.6) is 0 Å². The second-order valence-electron chi connectivity index (χ2n) is 16.9. The normalized spacial score (nSPS) is 22.7. The van der Waals surface area contributed by atoms with E-state index in [9.17, 15) is 0 Å². The van der Waals surface area contributed by atoms with Crippen molar-refractivity contribution in [2.45, 2.75) is 37.5 Å². The van der Waals surface area contributed by atoms with Gasteiger partial charge < -0.3 is 0 Å². The van der Waals surface area contributed by atoms with E-state index in [0.29, 0.717) is 29.3 Å². The van der Waals surface area contributed by atoms with Gasteiger partial charge in [-0.2, -0.15) is 0 Å². The van der Waals surface area contributed by atoms with E-state index in [1.807, 2.05) is 0 Å². The fourth-order valence-electron chi connectivity index (χ4n) is 11.7. The van der Waals surface area contributed by atoms with Crippen LogP contribution >= 0.6 is 0 Å². The van der Waals surface area contributed by atoms with E-state index in [-0.39, 0.29) is 5.41 Å². The fraction of sp³-hybridized carbons (Fsp3) is 0.189. The van der Waals surface area contributed by atoms with Crippen LogP contribution in [0.3, 0.4) is 0 Å². The van der Waals surface area contributed by atoms with Crippen LogP contribution < -0.4 is 0 Å². The molecule has 0 aliphatic heterocycles. The van der Waals surface area contributed by atoms with Gasteiger partial charge in [-0.25, -0.2) is 15.0 Å². The first-order valence-electron chi connectivity index (χ1n) is 20.4. The van der Waals surface area contributed by atoms with Gasteiger partial charge in [0.15, 0.2) is 17.5 Å². The highest BCUT2D eigenvalue weighted by molar-refractivity contribution is 5.95. The third-order valence-corrected chi connectivity index (χ3v) is 13.9. The second kappa shape index (κ2) is 12.4. The lowest BCUT2D eigenvalue weighted by Crippen LogP contribution is -2.55. The average molecular weight is 720 g/mol. The Bertz CT molecular complexity index is 2780. The Kier molecular flexibility index (Phi) is 7.11. The number of fused-ring (bicyclic) bond motifs is 4. The molecule has 8 aromatic rings. The molecule has 0 unspecified atom stereocenters. The molecule has 268 valence electrons. The van der Waals surface area contributed by atoms with Gasteiger partial charge in [0.1, 0.15) is 0 Å². The minimum Gasteiger partial charge on any atom is -0.208 e. The Hall–Kier alpha value is -6.19. The van der Waals surface area contributed by atoms with E-state index in [1.54, 1.807) is 11.1 Å². The Balaban J connectivity index is 1.03. The van der Waals surface area contributed by atoms with Crippen LogP contribution in [0.1, 0.15) is 43.2 Å². The minimum atomic E-state index is 0.0917. The predicted molar refractivity (Wildman–Crippen MR) is 228 cm³/mol. The van der Waals surface area contributed by atoms with Crippen molar-refractivity contribution in [3.05, 3.63) is 175 Å². The van der Waals surface area contributed by atoms with Crippen LogP contribution in [-0.4, -0.2) is 15.0 Å². The number of hydrogen-bond acceptors (Lipinski definition) is 3. The highest BCUT2D eigenvalue weighted by atomic mass is 15.0. The topological polar surface area (TPSA) is 38.7 Å². The molecule has 3 nitrogen and oxygen atoms in total. The molecule has 0 amide bonds. The van der Waals surface area contributed by atoms with Crippen LogP contribution in [0.2, 0.25) is 0 Å². The Morgan fingerprint density at radius 2 is 0.804 bits per heavy atom. The van der Waals surface area contributed by atoms with E-state index >= 15 is 0 Å². The second-order valence-corrected chi connectivity index (χ2v) is 16.9. The Morgan fingerprint density at radius 3 is 1.46 bits per heavy atom. The van der Waals surface area contributed by atoms with Gasteiger partial charge in [0.05, 0.1) is 0 Å². The largest absolute Gasteiger partial charge is 0.208 e. The summed E-state index contributed by atoms with van der Waals surface area (Å²) in [5.41, 5.74) is 13.6. The summed E-state index contributed by atoms with van der Waals surface area (Å²) in [6.07, 6.45) is 6.92. The molecule has 56 heavy (non-hydrogen) atoms. The Morgan fingerprint density at radius 1 is 0.339 bits per heavy atom. The van der Waals surface area contributed by atoms with Gasteiger partial charge in [-0.3, -0.25) is 0 Å². The lowest BCUT2D eigenvalue weighted by molar-refractivity contribution is -0.0398. The quantitative estimate of drug-likeness (QED) is 0.178. The zero-order valence-corrected chi connectivity index (χ0v) is 31.3. The first-order valence-corrected chi connectivity index (χ1v) is 20.4. The molecule has 7 aromatic carbocycles. The lowest BCUT2D eigenvalue weighted by Gasteiger charge is -2.61. The van der Waals surface area contributed by atoms with Crippen molar-refractivity contribution in [1.82, 2.24) is 15.0 Å². The molecule has 3 heteroatoms. The van der Waals surface area contributed by atoms with Crippen molar-refractivity contribution in [2.75, 3.05) is 0 Å². The first-order chi connectivity index (χ1) is 27.7. The highest BCUT2D eigenvalue weighted by Crippen LogP contribution is 2.69. The lowest BCUT2D eigenvalue weighted by atomic mass is 9.43. The molecule has 4 fully saturated rings. The van der Waals surface area contributed by atoms with E-state index in [4.69, 9.17) is 15.0 Å². The van der Waals surface area contributed by atoms with Gasteiger partial charge in [0, 0.05) is 22.1 Å². The number of aromatic nitrogens is 3. The van der Waals surface area contributed by atoms with E-state index < -0.39 is 0 Å². The van der Waals surface area contributed by atoms with Gasteiger partial charge in [0.2, 0.25) is 0 Å². The number of benzene rings is 7. The number of hydrogen-bond donors (Lipinski definition) is 0. The zero-order valence-electron chi connectivity index (χ0n) is 31.3. The number of nitrogens with zero attached hydrogens (tertiary/aromatic N) is 3. The molecule has 0 atom stereocenters. The molecule has 0 radical (unpaired) electrons. The van der Waals surface area contributed by atoms with Crippen LogP contribution in [-0.2, 0) is 5.41 Å². The maximum atomic E-state index is 5.29. The van der Waals surface area contributed by atoms with Crippen LogP contribution in [0.4, 0.5) is 0 Å². The monoisotopic (exact) mass is 719 g/mol. The summed E-state index contributed by atoms with van der Waals surface area (Å²) in [4.78, 5) is 15.7. The van der Waals surface area contributed by atoms with Gasteiger partial charge in [0.25, 0.3) is 0 Å². The molecule has 1 spiro atoms. The summed E-state index contributed by atoms with van der Waals surface area (Å²) in [7, 11) is 0. The molecular formula is C53H41N3. The van der Waals surface area contributed by atoms with Gasteiger partial charge in [-0.15, -0.1) is 0 Å². The van der Waals surface area contributed by atoms with Crippen molar-refractivity contribution in [1.29, 1.82) is 0 Å². The van der Waals surface area contributed by atoms with Gasteiger partial charge in [-0.1, -0.05) is 140 Å². The molecule has 5 aliphatic rings. The van der Waals surface area contributed by atoms with Crippen molar-refractivity contribution in [2.24, 2.45) is 23.7 Å². The van der Waals surface area contributed by atoms with Gasteiger partial charge in [-0.05, 0) is 135 Å². The molecule has 4 bridgehead atoms. The average Bonchev–Trinajstić information content (AvgIpc) is 3.54. The molecule has 1 aromatic heterocycles. The predicted octanol–water partition coefficient (Wildman–Crippen LogP) is 13.1. The summed E-state index contributed by atoms with van der Waals surface area (Å²) in [6.45, 7) is 0. The maximum Gasteiger partial charge on any atom is 0.164 e. The number of rotatable bonds is 5. The zero-order chi connectivity index (χ0) is 36.8. The third kappa shape index (κ3) is 4.93. The van der Waals surface area contributed by atoms with Crippen LogP contribution in [0.15, 0.2) is 164 Å². The molecule has 5 aliphatic carbocycles. The standard InChI is InChI=1S/C53H41N3/c1-3-10-35(11-4-1)37-18-20-38(21-19-37)50-54-51(42-17-9-16-39(29-42)36-12-5-2-6-13-36)56-52(55-50)43-22-23-48-46(31-43)47-30-40-14-7-8-15-41(40)32-49(47)53(48)44-25-33-24-34(27-44)28-45(53)26-33/h1-23,29-34,44-45H,24-28H2. The molecule has 1 heterocycles. The maximum absolute atomic E-state index is 5.29. The minimum absolute atomic E-state index is 0.0917. The first kappa shape index (κ1) is 32.1. The van der Waals surface area contributed by atoms with Crippen molar-refractivity contribution in [3.63, 3.8) is 0 Å². The van der Waals surface area contributed by atoms with Crippen LogP contribution in [0, 0.1) is 23.7 Å². The summed E-state index contributed by atoms with van der Waals surface area (Å²) >= 11 is 0.